The van der Waals surface area contributed by atoms with Gasteiger partial charge in [-0.3, -0.25) is 4.79 Å². The summed E-state index contributed by atoms with van der Waals surface area (Å²) in [5.41, 5.74) is 5.42. The van der Waals surface area contributed by atoms with Gasteiger partial charge in [-0.05, 0) is 16.3 Å². The fourth-order valence-electron chi connectivity index (χ4n) is 1.06. The van der Waals surface area contributed by atoms with Crippen molar-refractivity contribution in [2.24, 2.45) is 11.7 Å². The lowest BCUT2D eigenvalue weighted by molar-refractivity contribution is -0.118. The van der Waals surface area contributed by atoms with Gasteiger partial charge in [0.25, 0.3) is 0 Å². The molecule has 8 heteroatoms. The van der Waals surface area contributed by atoms with Crippen molar-refractivity contribution in [3.05, 3.63) is 0 Å². The summed E-state index contributed by atoms with van der Waals surface area (Å²) in [6.07, 6.45) is 0. The van der Waals surface area contributed by atoms with Crippen LogP contribution < -0.4 is 11.1 Å². The van der Waals surface area contributed by atoms with Crippen molar-refractivity contribution in [1.82, 2.24) is 25.5 Å². The fraction of sp³-hybridized carbons (Fsp3) is 0.778. The van der Waals surface area contributed by atoms with Gasteiger partial charge in [0.1, 0.15) is 0 Å². The van der Waals surface area contributed by atoms with Gasteiger partial charge in [-0.15, -0.1) is 5.10 Å². The van der Waals surface area contributed by atoms with Gasteiger partial charge in [-0.25, -0.2) is 4.68 Å². The Balaban J connectivity index is 2.34. The van der Waals surface area contributed by atoms with E-state index in [9.17, 15) is 4.79 Å². The third-order valence-corrected chi connectivity index (χ3v) is 2.84. The first-order valence-corrected chi connectivity index (χ1v) is 6.47. The molecule has 1 aromatic heterocycles. The van der Waals surface area contributed by atoms with Crippen LogP contribution in [0.4, 0.5) is 0 Å². The van der Waals surface area contributed by atoms with E-state index in [1.54, 1.807) is 4.68 Å². The molecule has 3 N–H and O–H groups in total. The van der Waals surface area contributed by atoms with E-state index in [0.29, 0.717) is 36.5 Å². The van der Waals surface area contributed by atoms with E-state index < -0.39 is 0 Å². The average Bonchev–Trinajstić information content (AvgIpc) is 2.71. The van der Waals surface area contributed by atoms with E-state index >= 15 is 0 Å². The Hall–Kier alpha value is -1.15. The molecule has 1 amide bonds. The maximum Gasteiger partial charge on any atom is 0.230 e. The van der Waals surface area contributed by atoms with Crippen LogP contribution in [0.25, 0.3) is 0 Å². The number of tetrazole rings is 1. The summed E-state index contributed by atoms with van der Waals surface area (Å²) in [6.45, 7) is 5.82. The molecule has 1 heterocycles. The predicted octanol–water partition coefficient (Wildman–Crippen LogP) is -0.504. The van der Waals surface area contributed by atoms with Crippen LogP contribution in [0.1, 0.15) is 13.8 Å². The summed E-state index contributed by atoms with van der Waals surface area (Å²) in [7, 11) is 0. The summed E-state index contributed by atoms with van der Waals surface area (Å²) in [5.74, 6) is 0.759. The van der Waals surface area contributed by atoms with Gasteiger partial charge in [0.2, 0.25) is 11.1 Å². The Morgan fingerprint density at radius 2 is 2.35 bits per heavy atom. The zero-order chi connectivity index (χ0) is 12.7. The van der Waals surface area contributed by atoms with Crippen LogP contribution in [-0.4, -0.2) is 45.0 Å². The van der Waals surface area contributed by atoms with Crippen molar-refractivity contribution in [1.29, 1.82) is 0 Å². The summed E-state index contributed by atoms with van der Waals surface area (Å²) in [4.78, 5) is 11.5. The smallest absolute Gasteiger partial charge is 0.230 e. The van der Waals surface area contributed by atoms with Crippen LogP contribution in [-0.2, 0) is 11.3 Å². The summed E-state index contributed by atoms with van der Waals surface area (Å²) in [6, 6.07) is 0. The van der Waals surface area contributed by atoms with E-state index in [2.05, 4.69) is 34.7 Å². The first-order valence-electron chi connectivity index (χ1n) is 5.49. The van der Waals surface area contributed by atoms with E-state index in [1.165, 1.54) is 11.8 Å². The Kier molecular flexibility index (Phi) is 5.92. The highest BCUT2D eigenvalue weighted by Crippen LogP contribution is 2.12. The molecule has 0 fully saturated rings. The lowest BCUT2D eigenvalue weighted by atomic mass is 10.2. The summed E-state index contributed by atoms with van der Waals surface area (Å²) < 4.78 is 1.60. The Morgan fingerprint density at radius 1 is 1.59 bits per heavy atom. The number of hydrogen-bond acceptors (Lipinski definition) is 6. The molecule has 7 nitrogen and oxygen atoms in total. The van der Waals surface area contributed by atoms with E-state index in [-0.39, 0.29) is 5.91 Å². The minimum atomic E-state index is -0.00833. The molecule has 0 saturated carbocycles. The number of nitrogens with zero attached hydrogens (tertiary/aromatic N) is 4. The third kappa shape index (κ3) is 5.14. The predicted molar refractivity (Wildman–Crippen MR) is 65.4 cm³/mol. The van der Waals surface area contributed by atoms with Crippen molar-refractivity contribution >= 4 is 17.7 Å². The maximum absolute atomic E-state index is 11.5. The maximum atomic E-state index is 11.5. The molecule has 0 unspecified atom stereocenters. The molecule has 1 rings (SSSR count). The third-order valence-electron chi connectivity index (χ3n) is 1.88. The molecule has 0 radical (unpaired) electrons. The lowest BCUT2D eigenvalue weighted by Crippen LogP contribution is -2.28. The lowest BCUT2D eigenvalue weighted by Gasteiger charge is -2.07. The minimum absolute atomic E-state index is 0.00833. The number of hydrogen-bond donors (Lipinski definition) is 2. The number of nitrogens with two attached hydrogens (primary N) is 1. The highest BCUT2D eigenvalue weighted by molar-refractivity contribution is 7.99. The largest absolute Gasteiger partial charge is 0.355 e. The van der Waals surface area contributed by atoms with Crippen LogP contribution in [0, 0.1) is 5.92 Å². The Bertz CT molecular complexity index is 353. The average molecular weight is 258 g/mol. The number of nitrogens with one attached hydrogen (secondary N) is 1. The molecule has 0 bridgehead atoms. The molecule has 96 valence electrons. The quantitative estimate of drug-likeness (QED) is 0.639. The number of carbonyl (C=O) groups is 1. The van der Waals surface area contributed by atoms with Crippen molar-refractivity contribution in [2.45, 2.75) is 25.5 Å². The second-order valence-corrected chi connectivity index (χ2v) is 4.90. The SMILES string of the molecule is CC(C)CNC(=O)CSc1nnnn1CCN. The fourth-order valence-corrected chi connectivity index (χ4v) is 1.79. The summed E-state index contributed by atoms with van der Waals surface area (Å²) >= 11 is 1.31. The molecule has 0 aliphatic heterocycles. The zero-order valence-electron chi connectivity index (χ0n) is 10.1. The standard InChI is InChI=1S/C9H18N6OS/c1-7(2)5-11-8(16)6-17-9-12-13-14-15(9)4-3-10/h7H,3-6,10H2,1-2H3,(H,11,16). The van der Waals surface area contributed by atoms with Crippen LogP contribution >= 0.6 is 11.8 Å². The topological polar surface area (TPSA) is 98.7 Å². The van der Waals surface area contributed by atoms with Gasteiger partial charge in [0.15, 0.2) is 0 Å². The number of amides is 1. The van der Waals surface area contributed by atoms with E-state index in [0.717, 1.165) is 0 Å². The van der Waals surface area contributed by atoms with E-state index in [1.807, 2.05) is 0 Å². The molecular weight excluding hydrogens is 240 g/mol. The summed E-state index contributed by atoms with van der Waals surface area (Å²) in [5, 5.41) is 14.6. The van der Waals surface area contributed by atoms with E-state index in [4.69, 9.17) is 5.73 Å². The number of carbonyl (C=O) groups excluding carboxylic acids is 1. The minimum Gasteiger partial charge on any atom is -0.355 e. The number of thioether (sulfide) groups is 1. The molecular formula is C9H18N6OS. The second kappa shape index (κ2) is 7.23. The molecule has 0 aliphatic carbocycles. The zero-order valence-corrected chi connectivity index (χ0v) is 10.9. The van der Waals surface area contributed by atoms with Gasteiger partial charge < -0.3 is 11.1 Å². The number of aromatic nitrogens is 4. The first-order chi connectivity index (χ1) is 8.13. The molecule has 0 saturated heterocycles. The molecule has 0 atom stereocenters. The highest BCUT2D eigenvalue weighted by atomic mass is 32.2. The van der Waals surface area contributed by atoms with Crippen molar-refractivity contribution in [3.63, 3.8) is 0 Å². The number of rotatable bonds is 7. The molecule has 1 aromatic rings. The van der Waals surface area contributed by atoms with Gasteiger partial charge in [0.05, 0.1) is 12.3 Å². The van der Waals surface area contributed by atoms with Gasteiger partial charge in [-0.1, -0.05) is 25.6 Å². The molecule has 0 spiro atoms. The molecule has 0 aliphatic rings. The van der Waals surface area contributed by atoms with Crippen LogP contribution in [0.2, 0.25) is 0 Å². The van der Waals surface area contributed by atoms with Gasteiger partial charge in [-0.2, -0.15) is 0 Å². The first kappa shape index (κ1) is 13.9. The van der Waals surface area contributed by atoms with Crippen molar-refractivity contribution in [2.75, 3.05) is 18.8 Å². The van der Waals surface area contributed by atoms with Gasteiger partial charge >= 0.3 is 0 Å². The monoisotopic (exact) mass is 258 g/mol. The van der Waals surface area contributed by atoms with Crippen LogP contribution in [0.5, 0.6) is 0 Å². The molecule has 0 aromatic carbocycles. The van der Waals surface area contributed by atoms with Crippen molar-refractivity contribution < 1.29 is 4.79 Å². The van der Waals surface area contributed by atoms with Crippen LogP contribution in [0.3, 0.4) is 0 Å². The Morgan fingerprint density at radius 3 is 3.00 bits per heavy atom. The Labute approximate surface area is 105 Å². The van der Waals surface area contributed by atoms with Crippen molar-refractivity contribution in [3.8, 4) is 0 Å². The second-order valence-electron chi connectivity index (χ2n) is 3.96. The van der Waals surface area contributed by atoms with Gasteiger partial charge in [0, 0.05) is 13.1 Å². The van der Waals surface area contributed by atoms with Crippen LogP contribution in [0.15, 0.2) is 5.16 Å². The molecule has 17 heavy (non-hydrogen) atoms. The highest BCUT2D eigenvalue weighted by Gasteiger charge is 2.09. The normalized spacial score (nSPS) is 10.8.